The van der Waals surface area contributed by atoms with Crippen molar-refractivity contribution in [1.29, 1.82) is 0 Å². The Morgan fingerprint density at radius 1 is 1.45 bits per heavy atom. The highest BCUT2D eigenvalue weighted by Crippen LogP contribution is 2.24. The van der Waals surface area contributed by atoms with Crippen molar-refractivity contribution in [2.45, 2.75) is 25.9 Å². The van der Waals surface area contributed by atoms with E-state index in [9.17, 15) is 4.79 Å². The highest BCUT2D eigenvalue weighted by atomic mass is 16.2. The predicted octanol–water partition coefficient (Wildman–Crippen LogP) is 1.36. The van der Waals surface area contributed by atoms with Gasteiger partial charge in [0.15, 0.2) is 0 Å². The number of carbonyl (C=O) groups excluding carboxylic acids is 1. The third-order valence-electron chi connectivity index (χ3n) is 4.12. The smallest absolute Gasteiger partial charge is 0.245 e. The Bertz CT molecular complexity index is 666. The SMILES string of the molecule is Cc1cc(N2CCC(N(C)Cc3cccnc3)C2=O)n(C)n1. The van der Waals surface area contributed by atoms with Gasteiger partial charge >= 0.3 is 0 Å². The minimum atomic E-state index is -0.0876. The second-order valence-corrected chi connectivity index (χ2v) is 5.84. The van der Waals surface area contributed by atoms with E-state index in [-0.39, 0.29) is 11.9 Å². The van der Waals surface area contributed by atoms with E-state index in [2.05, 4.69) is 15.0 Å². The number of carbonyl (C=O) groups is 1. The van der Waals surface area contributed by atoms with Crippen LogP contribution in [0, 0.1) is 6.92 Å². The molecule has 1 saturated heterocycles. The molecule has 1 amide bonds. The van der Waals surface area contributed by atoms with Crippen molar-refractivity contribution < 1.29 is 4.79 Å². The van der Waals surface area contributed by atoms with Crippen LogP contribution in [0.1, 0.15) is 17.7 Å². The molecule has 0 aliphatic carbocycles. The molecule has 0 N–H and O–H groups in total. The lowest BCUT2D eigenvalue weighted by Crippen LogP contribution is -2.39. The summed E-state index contributed by atoms with van der Waals surface area (Å²) in [6.07, 6.45) is 4.44. The number of likely N-dealkylation sites (N-methyl/N-ethyl adjacent to an activating group) is 1. The van der Waals surface area contributed by atoms with Gasteiger partial charge in [0.25, 0.3) is 0 Å². The molecule has 6 heteroatoms. The van der Waals surface area contributed by atoms with Crippen LogP contribution in [0.25, 0.3) is 0 Å². The van der Waals surface area contributed by atoms with Gasteiger partial charge in [0.05, 0.1) is 11.7 Å². The summed E-state index contributed by atoms with van der Waals surface area (Å²) in [5, 5.41) is 4.33. The second-order valence-electron chi connectivity index (χ2n) is 5.84. The molecule has 0 aromatic carbocycles. The van der Waals surface area contributed by atoms with Crippen LogP contribution < -0.4 is 4.90 Å². The maximum atomic E-state index is 12.7. The summed E-state index contributed by atoms with van der Waals surface area (Å²) in [6.45, 7) is 3.40. The highest BCUT2D eigenvalue weighted by molar-refractivity contribution is 5.98. The molecule has 3 rings (SSSR count). The van der Waals surface area contributed by atoms with Crippen molar-refractivity contribution in [2.75, 3.05) is 18.5 Å². The van der Waals surface area contributed by atoms with Crippen molar-refractivity contribution in [1.82, 2.24) is 19.7 Å². The molecule has 1 unspecified atom stereocenters. The first-order valence-electron chi connectivity index (χ1n) is 7.47. The molecule has 1 atom stereocenters. The monoisotopic (exact) mass is 299 g/mol. The molecule has 1 aliphatic heterocycles. The first kappa shape index (κ1) is 14.7. The van der Waals surface area contributed by atoms with Crippen LogP contribution >= 0.6 is 0 Å². The minimum Gasteiger partial charge on any atom is -0.296 e. The number of aryl methyl sites for hydroxylation is 2. The minimum absolute atomic E-state index is 0.0876. The molecule has 0 spiro atoms. The molecule has 0 radical (unpaired) electrons. The maximum Gasteiger partial charge on any atom is 0.245 e. The molecule has 2 aromatic heterocycles. The van der Waals surface area contributed by atoms with Gasteiger partial charge in [-0.3, -0.25) is 24.3 Å². The third-order valence-corrected chi connectivity index (χ3v) is 4.12. The summed E-state index contributed by atoms with van der Waals surface area (Å²) in [7, 11) is 3.87. The fourth-order valence-electron chi connectivity index (χ4n) is 3.04. The molecule has 1 aliphatic rings. The zero-order valence-electron chi connectivity index (χ0n) is 13.2. The molecular formula is C16H21N5O. The lowest BCUT2D eigenvalue weighted by Gasteiger charge is -2.23. The van der Waals surface area contributed by atoms with Crippen LogP contribution in [0.15, 0.2) is 30.6 Å². The molecule has 2 aromatic rings. The van der Waals surface area contributed by atoms with E-state index < -0.39 is 0 Å². The average Bonchev–Trinajstić information content (AvgIpc) is 3.02. The van der Waals surface area contributed by atoms with Gasteiger partial charge < -0.3 is 0 Å². The first-order valence-corrected chi connectivity index (χ1v) is 7.47. The number of amides is 1. The lowest BCUT2D eigenvalue weighted by molar-refractivity contribution is -0.121. The predicted molar refractivity (Wildman–Crippen MR) is 84.4 cm³/mol. The number of pyridine rings is 1. The fraction of sp³-hybridized carbons (Fsp3) is 0.438. The van der Waals surface area contributed by atoms with Gasteiger partial charge in [-0.25, -0.2) is 0 Å². The van der Waals surface area contributed by atoms with Gasteiger partial charge in [-0.15, -0.1) is 0 Å². The van der Waals surface area contributed by atoms with E-state index in [1.807, 2.05) is 50.3 Å². The van der Waals surface area contributed by atoms with Crippen LogP contribution in [-0.4, -0.2) is 45.2 Å². The first-order chi connectivity index (χ1) is 10.6. The summed E-state index contributed by atoms with van der Waals surface area (Å²) in [5.41, 5.74) is 2.05. The summed E-state index contributed by atoms with van der Waals surface area (Å²) >= 11 is 0. The Morgan fingerprint density at radius 2 is 2.27 bits per heavy atom. The van der Waals surface area contributed by atoms with Crippen LogP contribution in [0.3, 0.4) is 0 Å². The topological polar surface area (TPSA) is 54.3 Å². The summed E-state index contributed by atoms with van der Waals surface area (Å²) in [6, 6.07) is 5.83. The second kappa shape index (κ2) is 5.88. The van der Waals surface area contributed by atoms with E-state index in [1.165, 1.54) is 0 Å². The van der Waals surface area contributed by atoms with E-state index in [0.29, 0.717) is 0 Å². The number of hydrogen-bond donors (Lipinski definition) is 0. The Labute approximate surface area is 130 Å². The van der Waals surface area contributed by atoms with Crippen molar-refractivity contribution in [3.05, 3.63) is 41.9 Å². The van der Waals surface area contributed by atoms with Gasteiger partial charge in [0, 0.05) is 38.6 Å². The number of rotatable bonds is 4. The number of anilines is 1. The summed E-state index contributed by atoms with van der Waals surface area (Å²) < 4.78 is 1.77. The molecule has 0 saturated carbocycles. The Morgan fingerprint density at radius 3 is 2.91 bits per heavy atom. The van der Waals surface area contributed by atoms with Crippen LogP contribution in [0.2, 0.25) is 0 Å². The van der Waals surface area contributed by atoms with E-state index in [1.54, 1.807) is 10.9 Å². The van der Waals surface area contributed by atoms with Crippen molar-refractivity contribution in [3.63, 3.8) is 0 Å². The zero-order chi connectivity index (χ0) is 15.7. The fourth-order valence-corrected chi connectivity index (χ4v) is 3.04. The van der Waals surface area contributed by atoms with Crippen LogP contribution in [0.5, 0.6) is 0 Å². The maximum absolute atomic E-state index is 12.7. The summed E-state index contributed by atoms with van der Waals surface area (Å²) in [4.78, 5) is 20.8. The van der Waals surface area contributed by atoms with Crippen LogP contribution in [0.4, 0.5) is 5.82 Å². The van der Waals surface area contributed by atoms with Gasteiger partial charge in [-0.05, 0) is 32.0 Å². The molecule has 22 heavy (non-hydrogen) atoms. The van der Waals surface area contributed by atoms with Crippen LogP contribution in [-0.2, 0) is 18.4 Å². The Kier molecular flexibility index (Phi) is 3.94. The molecule has 1 fully saturated rings. The number of aromatic nitrogens is 3. The summed E-state index contributed by atoms with van der Waals surface area (Å²) in [5.74, 6) is 1.02. The van der Waals surface area contributed by atoms with E-state index in [0.717, 1.165) is 36.6 Å². The zero-order valence-corrected chi connectivity index (χ0v) is 13.2. The molecular weight excluding hydrogens is 278 g/mol. The van der Waals surface area contributed by atoms with E-state index in [4.69, 9.17) is 0 Å². The van der Waals surface area contributed by atoms with Crippen molar-refractivity contribution in [3.8, 4) is 0 Å². The van der Waals surface area contributed by atoms with Gasteiger partial charge in [-0.1, -0.05) is 6.07 Å². The van der Waals surface area contributed by atoms with Gasteiger partial charge in [0.1, 0.15) is 5.82 Å². The van der Waals surface area contributed by atoms with Crippen molar-refractivity contribution >= 4 is 11.7 Å². The van der Waals surface area contributed by atoms with Crippen molar-refractivity contribution in [2.24, 2.45) is 7.05 Å². The standard InChI is InChI=1S/C16H21N5O/c1-12-9-15(20(3)18-12)21-8-6-14(16(21)22)19(2)11-13-5-4-7-17-10-13/h4-5,7,9-10,14H,6,8,11H2,1-3H3. The third kappa shape index (κ3) is 2.74. The average molecular weight is 299 g/mol. The van der Waals surface area contributed by atoms with E-state index >= 15 is 0 Å². The lowest BCUT2D eigenvalue weighted by atomic mass is 10.2. The number of nitrogens with zero attached hydrogens (tertiary/aromatic N) is 5. The molecule has 3 heterocycles. The normalized spacial score (nSPS) is 18.5. The van der Waals surface area contributed by atoms with Gasteiger partial charge in [0.2, 0.25) is 5.91 Å². The molecule has 6 nitrogen and oxygen atoms in total. The highest BCUT2D eigenvalue weighted by Gasteiger charge is 2.36. The van der Waals surface area contributed by atoms with Gasteiger partial charge in [-0.2, -0.15) is 5.10 Å². The Hall–Kier alpha value is -2.21. The molecule has 0 bridgehead atoms. The number of hydrogen-bond acceptors (Lipinski definition) is 4. The largest absolute Gasteiger partial charge is 0.296 e. The Balaban J connectivity index is 1.72. The molecule has 116 valence electrons. The quantitative estimate of drug-likeness (QED) is 0.855.